The van der Waals surface area contributed by atoms with Crippen LogP contribution in [0.2, 0.25) is 0 Å². The number of nitrogens with zero attached hydrogens (tertiary/aromatic N) is 2. The van der Waals surface area contributed by atoms with Crippen molar-refractivity contribution in [2.45, 2.75) is 24.4 Å². The predicted molar refractivity (Wildman–Crippen MR) is 45.8 cm³/mol. The fraction of sp³-hybridized carbons (Fsp3) is 0.400. The largest absolute Gasteiger partial charge is 0.416 e. The molecule has 0 unspecified atom stereocenters. The fourth-order valence-electron chi connectivity index (χ4n) is 1.42. The van der Waals surface area contributed by atoms with Gasteiger partial charge in [-0.05, 0) is 25.0 Å². The summed E-state index contributed by atoms with van der Waals surface area (Å²) in [4.78, 5) is 3.84. The lowest BCUT2D eigenvalue weighted by Gasteiger charge is -2.09. The van der Waals surface area contributed by atoms with Crippen LogP contribution in [0.25, 0.3) is 0 Å². The van der Waals surface area contributed by atoms with Gasteiger partial charge in [0, 0.05) is 6.20 Å². The van der Waals surface area contributed by atoms with Gasteiger partial charge >= 0.3 is 6.18 Å². The van der Waals surface area contributed by atoms with E-state index in [1.807, 2.05) is 6.07 Å². The van der Waals surface area contributed by atoms with Crippen LogP contribution in [0.15, 0.2) is 18.3 Å². The van der Waals surface area contributed by atoms with Crippen LogP contribution in [0.1, 0.15) is 24.1 Å². The van der Waals surface area contributed by atoms with E-state index in [0.29, 0.717) is 12.8 Å². The topological polar surface area (TPSA) is 36.7 Å². The second-order valence-corrected chi connectivity index (χ2v) is 3.62. The summed E-state index contributed by atoms with van der Waals surface area (Å²) in [5.41, 5.74) is -1.27. The average Bonchev–Trinajstić information content (AvgIpc) is 2.97. The van der Waals surface area contributed by atoms with Gasteiger partial charge in [-0.1, -0.05) is 0 Å². The van der Waals surface area contributed by atoms with E-state index in [9.17, 15) is 13.2 Å². The van der Waals surface area contributed by atoms with Crippen molar-refractivity contribution in [3.63, 3.8) is 0 Å². The summed E-state index contributed by atoms with van der Waals surface area (Å²) in [6.45, 7) is 0. The molecule has 0 aromatic carbocycles. The molecule has 0 atom stereocenters. The third-order valence-corrected chi connectivity index (χ3v) is 2.54. The monoisotopic (exact) mass is 212 g/mol. The number of hydrogen-bond donors (Lipinski definition) is 0. The van der Waals surface area contributed by atoms with E-state index in [1.165, 1.54) is 0 Å². The van der Waals surface area contributed by atoms with Crippen LogP contribution < -0.4 is 0 Å². The first kappa shape index (κ1) is 9.97. The Kier molecular flexibility index (Phi) is 1.97. The van der Waals surface area contributed by atoms with Gasteiger partial charge in [-0.15, -0.1) is 0 Å². The fourth-order valence-corrected chi connectivity index (χ4v) is 1.42. The SMILES string of the molecule is N#CC1(c2cc(C(F)(F)F)ccn2)CC1. The molecular formula is C10H7F3N2. The number of halogens is 3. The number of nitriles is 1. The number of pyridine rings is 1. The molecule has 1 saturated carbocycles. The quantitative estimate of drug-likeness (QED) is 0.717. The van der Waals surface area contributed by atoms with Crippen molar-refractivity contribution in [1.82, 2.24) is 4.98 Å². The highest BCUT2D eigenvalue weighted by atomic mass is 19.4. The summed E-state index contributed by atoms with van der Waals surface area (Å²) in [6.07, 6.45) is -2.07. The van der Waals surface area contributed by atoms with Gasteiger partial charge in [0.1, 0.15) is 0 Å². The van der Waals surface area contributed by atoms with Crippen molar-refractivity contribution in [3.8, 4) is 6.07 Å². The lowest BCUT2D eigenvalue weighted by molar-refractivity contribution is -0.137. The first-order valence-electron chi connectivity index (χ1n) is 4.43. The number of rotatable bonds is 1. The standard InChI is InChI=1S/C10H7F3N2/c11-10(12,13)7-1-4-15-8(5-7)9(6-14)2-3-9/h1,4-5H,2-3H2. The Morgan fingerprint density at radius 1 is 1.40 bits per heavy atom. The minimum Gasteiger partial charge on any atom is -0.260 e. The van der Waals surface area contributed by atoms with E-state index < -0.39 is 17.2 Å². The van der Waals surface area contributed by atoms with Gasteiger partial charge in [0.15, 0.2) is 0 Å². The zero-order valence-corrected chi connectivity index (χ0v) is 7.67. The molecule has 78 valence electrons. The van der Waals surface area contributed by atoms with Crippen molar-refractivity contribution in [2.24, 2.45) is 0 Å². The summed E-state index contributed by atoms with van der Waals surface area (Å²) in [5.74, 6) is 0. The second kappa shape index (κ2) is 2.96. The van der Waals surface area contributed by atoms with E-state index in [4.69, 9.17) is 5.26 Å². The highest BCUT2D eigenvalue weighted by molar-refractivity contribution is 5.36. The van der Waals surface area contributed by atoms with Gasteiger partial charge in [-0.25, -0.2) is 0 Å². The van der Waals surface area contributed by atoms with Crippen LogP contribution in [-0.2, 0) is 11.6 Å². The molecule has 1 aromatic rings. The lowest BCUT2D eigenvalue weighted by atomic mass is 10.0. The molecule has 1 fully saturated rings. The summed E-state index contributed by atoms with van der Waals surface area (Å²) >= 11 is 0. The third-order valence-electron chi connectivity index (χ3n) is 2.54. The van der Waals surface area contributed by atoms with Crippen LogP contribution in [0.5, 0.6) is 0 Å². The molecule has 1 aromatic heterocycles. The molecule has 5 heteroatoms. The van der Waals surface area contributed by atoms with Crippen LogP contribution in [-0.4, -0.2) is 4.98 Å². The summed E-state index contributed by atoms with van der Waals surface area (Å²) in [5, 5.41) is 8.83. The third kappa shape index (κ3) is 1.67. The Morgan fingerprint density at radius 2 is 2.07 bits per heavy atom. The van der Waals surface area contributed by atoms with E-state index in [1.54, 1.807) is 0 Å². The minimum atomic E-state index is -4.37. The molecule has 15 heavy (non-hydrogen) atoms. The van der Waals surface area contributed by atoms with Gasteiger partial charge in [-0.3, -0.25) is 4.98 Å². The Hall–Kier alpha value is -1.57. The second-order valence-electron chi connectivity index (χ2n) is 3.62. The summed E-state index contributed by atoms with van der Waals surface area (Å²) in [6, 6.07) is 3.90. The molecule has 1 heterocycles. The predicted octanol–water partition coefficient (Wildman–Crippen LogP) is 2.66. The van der Waals surface area contributed by atoms with E-state index >= 15 is 0 Å². The van der Waals surface area contributed by atoms with E-state index in [2.05, 4.69) is 4.98 Å². The highest BCUT2D eigenvalue weighted by Crippen LogP contribution is 2.47. The van der Waals surface area contributed by atoms with Crippen molar-refractivity contribution in [1.29, 1.82) is 5.26 Å². The lowest BCUT2D eigenvalue weighted by Crippen LogP contribution is -2.10. The maximum Gasteiger partial charge on any atom is 0.416 e. The molecule has 0 bridgehead atoms. The molecule has 0 N–H and O–H groups in total. The summed E-state index contributed by atoms with van der Waals surface area (Å²) < 4.78 is 37.1. The molecule has 0 radical (unpaired) electrons. The van der Waals surface area contributed by atoms with Gasteiger partial charge < -0.3 is 0 Å². The maximum atomic E-state index is 12.4. The molecule has 1 aliphatic carbocycles. The first-order valence-corrected chi connectivity index (χ1v) is 4.43. The molecule has 0 amide bonds. The summed E-state index contributed by atoms with van der Waals surface area (Å²) in [7, 11) is 0. The number of hydrogen-bond acceptors (Lipinski definition) is 2. The van der Waals surface area contributed by atoms with E-state index in [0.717, 1.165) is 18.3 Å². The van der Waals surface area contributed by atoms with Crippen LogP contribution in [0, 0.1) is 11.3 Å². The highest BCUT2D eigenvalue weighted by Gasteiger charge is 2.47. The molecular weight excluding hydrogens is 205 g/mol. The normalized spacial score (nSPS) is 18.3. The van der Waals surface area contributed by atoms with Crippen LogP contribution >= 0.6 is 0 Å². The van der Waals surface area contributed by atoms with Crippen molar-refractivity contribution in [2.75, 3.05) is 0 Å². The minimum absolute atomic E-state index is 0.236. The van der Waals surface area contributed by atoms with Gasteiger partial charge in [0.25, 0.3) is 0 Å². The molecule has 0 spiro atoms. The van der Waals surface area contributed by atoms with Crippen molar-refractivity contribution >= 4 is 0 Å². The van der Waals surface area contributed by atoms with Crippen LogP contribution in [0.4, 0.5) is 13.2 Å². The smallest absolute Gasteiger partial charge is 0.260 e. The first-order chi connectivity index (χ1) is 6.98. The van der Waals surface area contributed by atoms with Crippen molar-refractivity contribution < 1.29 is 13.2 Å². The maximum absolute atomic E-state index is 12.4. The van der Waals surface area contributed by atoms with Crippen LogP contribution in [0.3, 0.4) is 0 Å². The Labute approximate surface area is 84.4 Å². The Bertz CT molecular complexity index is 427. The molecule has 2 rings (SSSR count). The Morgan fingerprint density at radius 3 is 2.53 bits per heavy atom. The van der Waals surface area contributed by atoms with Gasteiger partial charge in [0.05, 0.1) is 22.7 Å². The van der Waals surface area contributed by atoms with Gasteiger partial charge in [-0.2, -0.15) is 18.4 Å². The van der Waals surface area contributed by atoms with Gasteiger partial charge in [0.2, 0.25) is 0 Å². The molecule has 0 saturated heterocycles. The number of aromatic nitrogens is 1. The Balaban J connectivity index is 2.41. The molecule has 0 aliphatic heterocycles. The number of alkyl halides is 3. The van der Waals surface area contributed by atoms with Crippen molar-refractivity contribution in [3.05, 3.63) is 29.6 Å². The zero-order chi connectivity index (χ0) is 11.1. The zero-order valence-electron chi connectivity index (χ0n) is 7.67. The average molecular weight is 212 g/mol. The molecule has 1 aliphatic rings. The van der Waals surface area contributed by atoms with E-state index in [-0.39, 0.29) is 5.69 Å². The molecule has 2 nitrogen and oxygen atoms in total.